The van der Waals surface area contributed by atoms with E-state index in [0.29, 0.717) is 44.5 Å². The van der Waals surface area contributed by atoms with Gasteiger partial charge in [0.1, 0.15) is 5.76 Å². The number of rotatable bonds is 2. The lowest BCUT2D eigenvalue weighted by molar-refractivity contribution is -0.0874. The zero-order valence-corrected chi connectivity index (χ0v) is 14.7. The fraction of sp³-hybridized carbons (Fsp3) is 0.500. The molecule has 2 aromatic rings. The van der Waals surface area contributed by atoms with E-state index < -0.39 is 5.82 Å². The van der Waals surface area contributed by atoms with Crippen molar-refractivity contribution in [2.45, 2.75) is 25.4 Å². The number of ether oxygens (including phenoxy) is 1. The Labute approximate surface area is 150 Å². The molecular weight excluding hydrogens is 339 g/mol. The van der Waals surface area contributed by atoms with E-state index in [9.17, 15) is 9.18 Å². The number of carbonyl (C=O) groups excluding carboxylic acids is 1. The number of nitrogens with zero attached hydrogens (tertiary/aromatic N) is 4. The number of aryl methyl sites for hydroxylation is 1. The molecule has 2 fully saturated rings. The van der Waals surface area contributed by atoms with E-state index in [1.165, 1.54) is 12.4 Å². The van der Waals surface area contributed by atoms with E-state index >= 15 is 0 Å². The summed E-state index contributed by atoms with van der Waals surface area (Å²) in [6.45, 7) is 4.91. The van der Waals surface area contributed by atoms with Crippen molar-refractivity contribution in [2.75, 3.05) is 37.7 Å². The van der Waals surface area contributed by atoms with Crippen molar-refractivity contribution in [3.63, 3.8) is 0 Å². The Morgan fingerprint density at radius 3 is 2.58 bits per heavy atom. The van der Waals surface area contributed by atoms with Crippen LogP contribution in [0, 0.1) is 12.7 Å². The van der Waals surface area contributed by atoms with Gasteiger partial charge in [0.2, 0.25) is 5.95 Å². The number of piperidine rings is 1. The third-order valence-corrected chi connectivity index (χ3v) is 5.05. The van der Waals surface area contributed by atoms with Gasteiger partial charge >= 0.3 is 0 Å². The normalized spacial score (nSPS) is 19.8. The molecule has 0 unspecified atom stereocenters. The maximum absolute atomic E-state index is 13.0. The van der Waals surface area contributed by atoms with E-state index in [2.05, 4.69) is 9.97 Å². The summed E-state index contributed by atoms with van der Waals surface area (Å²) >= 11 is 0. The molecule has 0 N–H and O–H groups in total. The summed E-state index contributed by atoms with van der Waals surface area (Å²) in [6.07, 6.45) is 3.82. The van der Waals surface area contributed by atoms with Crippen LogP contribution in [0.15, 0.2) is 28.9 Å². The zero-order chi connectivity index (χ0) is 18.1. The molecular formula is C18H21FN4O3. The minimum absolute atomic E-state index is 0.0810. The van der Waals surface area contributed by atoms with Crippen LogP contribution >= 0.6 is 0 Å². The lowest BCUT2D eigenvalue weighted by atomic mass is 9.89. The fourth-order valence-corrected chi connectivity index (χ4v) is 3.61. The van der Waals surface area contributed by atoms with Gasteiger partial charge in [-0.3, -0.25) is 4.79 Å². The van der Waals surface area contributed by atoms with Crippen molar-refractivity contribution >= 4 is 11.9 Å². The largest absolute Gasteiger partial charge is 0.456 e. The Morgan fingerprint density at radius 1 is 1.19 bits per heavy atom. The predicted octanol–water partition coefficient (Wildman–Crippen LogP) is 2.03. The van der Waals surface area contributed by atoms with Crippen LogP contribution in [0.5, 0.6) is 0 Å². The van der Waals surface area contributed by atoms with E-state index in [1.807, 2.05) is 11.8 Å². The topological polar surface area (TPSA) is 71.7 Å². The molecule has 0 saturated carbocycles. The Hall–Kier alpha value is -2.48. The molecule has 26 heavy (non-hydrogen) atoms. The van der Waals surface area contributed by atoms with Gasteiger partial charge in [0, 0.05) is 19.6 Å². The summed E-state index contributed by atoms with van der Waals surface area (Å²) in [7, 11) is 0. The van der Waals surface area contributed by atoms with Gasteiger partial charge in [-0.15, -0.1) is 0 Å². The molecule has 4 rings (SSSR count). The molecule has 2 aliphatic heterocycles. The average Bonchev–Trinajstić information content (AvgIpc) is 3.09. The quantitative estimate of drug-likeness (QED) is 0.816. The van der Waals surface area contributed by atoms with Gasteiger partial charge in [-0.25, -0.2) is 14.4 Å². The predicted molar refractivity (Wildman–Crippen MR) is 91.5 cm³/mol. The number of morpholine rings is 1. The molecule has 138 valence electrons. The minimum atomic E-state index is -0.447. The maximum Gasteiger partial charge on any atom is 0.289 e. The molecule has 0 aliphatic carbocycles. The monoisotopic (exact) mass is 360 g/mol. The third kappa shape index (κ3) is 3.29. The first-order valence-corrected chi connectivity index (χ1v) is 8.77. The summed E-state index contributed by atoms with van der Waals surface area (Å²) in [4.78, 5) is 24.5. The summed E-state index contributed by atoms with van der Waals surface area (Å²) in [5.41, 5.74) is -0.328. The van der Waals surface area contributed by atoms with E-state index in [-0.39, 0.29) is 11.5 Å². The molecule has 4 heterocycles. The molecule has 8 heteroatoms. The van der Waals surface area contributed by atoms with Crippen molar-refractivity contribution in [1.29, 1.82) is 0 Å². The first-order valence-electron chi connectivity index (χ1n) is 8.77. The van der Waals surface area contributed by atoms with Crippen LogP contribution in [0.2, 0.25) is 0 Å². The Kier molecular flexibility index (Phi) is 4.36. The smallest absolute Gasteiger partial charge is 0.289 e. The van der Waals surface area contributed by atoms with Crippen LogP contribution in [0.4, 0.5) is 10.3 Å². The van der Waals surface area contributed by atoms with E-state index in [0.717, 1.165) is 18.6 Å². The van der Waals surface area contributed by atoms with Gasteiger partial charge in [-0.1, -0.05) is 0 Å². The van der Waals surface area contributed by atoms with Gasteiger partial charge in [0.15, 0.2) is 11.6 Å². The first kappa shape index (κ1) is 17.0. The number of halogens is 1. The number of aromatic nitrogens is 2. The molecule has 2 aliphatic rings. The van der Waals surface area contributed by atoms with Crippen molar-refractivity contribution in [3.05, 3.63) is 41.9 Å². The molecule has 2 saturated heterocycles. The highest BCUT2D eigenvalue weighted by molar-refractivity contribution is 5.91. The van der Waals surface area contributed by atoms with Crippen LogP contribution < -0.4 is 4.90 Å². The van der Waals surface area contributed by atoms with Gasteiger partial charge in [-0.05, 0) is 31.9 Å². The second kappa shape index (κ2) is 6.68. The van der Waals surface area contributed by atoms with Crippen LogP contribution in [0.3, 0.4) is 0 Å². The van der Waals surface area contributed by atoms with E-state index in [1.54, 1.807) is 17.0 Å². The summed E-state index contributed by atoms with van der Waals surface area (Å²) in [6, 6.07) is 3.51. The van der Waals surface area contributed by atoms with Gasteiger partial charge < -0.3 is 19.0 Å². The Bertz CT molecular complexity index is 784. The highest BCUT2D eigenvalue weighted by atomic mass is 19.1. The lowest BCUT2D eigenvalue weighted by Crippen LogP contribution is -2.58. The Morgan fingerprint density at radius 2 is 1.92 bits per heavy atom. The van der Waals surface area contributed by atoms with Gasteiger partial charge in [0.05, 0.1) is 31.1 Å². The van der Waals surface area contributed by atoms with Gasteiger partial charge in [-0.2, -0.15) is 0 Å². The highest BCUT2D eigenvalue weighted by Gasteiger charge is 2.41. The fourth-order valence-electron chi connectivity index (χ4n) is 3.61. The second-order valence-corrected chi connectivity index (χ2v) is 6.86. The molecule has 0 radical (unpaired) electrons. The maximum atomic E-state index is 13.0. The number of carbonyl (C=O) groups is 1. The van der Waals surface area contributed by atoms with Crippen LogP contribution in [-0.4, -0.2) is 59.2 Å². The first-order chi connectivity index (χ1) is 12.5. The number of hydrogen-bond donors (Lipinski definition) is 0. The van der Waals surface area contributed by atoms with Crippen LogP contribution in [0.1, 0.15) is 29.2 Å². The molecule has 0 atom stereocenters. The molecule has 0 bridgehead atoms. The standard InChI is InChI=1S/C18H21FN4O3/c1-13-2-3-15(26-13)16(24)22-6-4-18(5-7-22)12-23(8-9-25-18)17-20-10-14(19)11-21-17/h2-3,10-11H,4-9,12H2,1H3. The second-order valence-electron chi connectivity index (χ2n) is 6.86. The summed E-state index contributed by atoms with van der Waals surface area (Å²) in [5, 5.41) is 0. The molecule has 2 aromatic heterocycles. The average molecular weight is 360 g/mol. The van der Waals surface area contributed by atoms with Crippen molar-refractivity contribution < 1.29 is 18.3 Å². The number of furan rings is 1. The number of hydrogen-bond acceptors (Lipinski definition) is 6. The van der Waals surface area contributed by atoms with Gasteiger partial charge in [0.25, 0.3) is 5.91 Å². The number of amides is 1. The van der Waals surface area contributed by atoms with Crippen molar-refractivity contribution in [1.82, 2.24) is 14.9 Å². The summed E-state index contributed by atoms with van der Waals surface area (Å²) < 4.78 is 24.6. The van der Waals surface area contributed by atoms with E-state index in [4.69, 9.17) is 9.15 Å². The summed E-state index contributed by atoms with van der Waals surface area (Å²) in [5.74, 6) is 1.09. The third-order valence-electron chi connectivity index (χ3n) is 5.05. The Balaban J connectivity index is 1.41. The molecule has 1 spiro atoms. The zero-order valence-electron chi connectivity index (χ0n) is 14.7. The van der Waals surface area contributed by atoms with Crippen LogP contribution in [-0.2, 0) is 4.74 Å². The molecule has 1 amide bonds. The molecule has 7 nitrogen and oxygen atoms in total. The number of likely N-dealkylation sites (tertiary alicyclic amines) is 1. The van der Waals surface area contributed by atoms with Crippen molar-refractivity contribution in [2.24, 2.45) is 0 Å². The highest BCUT2D eigenvalue weighted by Crippen LogP contribution is 2.32. The molecule has 0 aromatic carbocycles. The SMILES string of the molecule is Cc1ccc(C(=O)N2CCC3(CC2)CN(c2ncc(F)cn2)CCO3)o1. The van der Waals surface area contributed by atoms with Crippen LogP contribution in [0.25, 0.3) is 0 Å². The number of anilines is 1. The van der Waals surface area contributed by atoms with Crippen molar-refractivity contribution in [3.8, 4) is 0 Å². The minimum Gasteiger partial charge on any atom is -0.456 e. The lowest BCUT2D eigenvalue weighted by Gasteiger charge is -2.47.